The van der Waals surface area contributed by atoms with Crippen molar-refractivity contribution < 1.29 is 4.74 Å². The van der Waals surface area contributed by atoms with Gasteiger partial charge >= 0.3 is 0 Å². The SMILES string of the molecule is CC(C)c1ccccc1Oc1ccc(Br)cc1CCl. The largest absolute Gasteiger partial charge is 0.457 e. The zero-order valence-corrected chi connectivity index (χ0v) is 13.3. The molecule has 0 saturated carbocycles. The molecule has 0 atom stereocenters. The predicted molar refractivity (Wildman–Crippen MR) is 84.3 cm³/mol. The maximum absolute atomic E-state index is 6.04. The molecule has 0 aliphatic carbocycles. The predicted octanol–water partition coefficient (Wildman–Crippen LogP) is 6.10. The van der Waals surface area contributed by atoms with Crippen LogP contribution >= 0.6 is 27.5 Å². The fourth-order valence-corrected chi connectivity index (χ4v) is 2.54. The molecule has 0 aromatic heterocycles. The molecular formula is C16H16BrClO. The van der Waals surface area contributed by atoms with Crippen LogP contribution in [0.3, 0.4) is 0 Å². The van der Waals surface area contributed by atoms with Gasteiger partial charge in [0.15, 0.2) is 0 Å². The molecule has 19 heavy (non-hydrogen) atoms. The maximum Gasteiger partial charge on any atom is 0.131 e. The summed E-state index contributed by atoms with van der Waals surface area (Å²) in [6.07, 6.45) is 0. The van der Waals surface area contributed by atoms with Gasteiger partial charge in [-0.15, -0.1) is 11.6 Å². The van der Waals surface area contributed by atoms with Gasteiger partial charge in [-0.3, -0.25) is 0 Å². The molecule has 0 fully saturated rings. The van der Waals surface area contributed by atoms with Crippen molar-refractivity contribution in [1.29, 1.82) is 0 Å². The lowest BCUT2D eigenvalue weighted by Crippen LogP contribution is -1.95. The smallest absolute Gasteiger partial charge is 0.131 e. The molecule has 0 unspecified atom stereocenters. The van der Waals surface area contributed by atoms with E-state index in [9.17, 15) is 0 Å². The van der Waals surface area contributed by atoms with E-state index in [2.05, 4.69) is 35.8 Å². The first-order valence-electron chi connectivity index (χ1n) is 6.23. The van der Waals surface area contributed by atoms with Crippen LogP contribution in [0, 0.1) is 0 Å². The Morgan fingerprint density at radius 3 is 2.53 bits per heavy atom. The van der Waals surface area contributed by atoms with Crippen molar-refractivity contribution in [3.8, 4) is 11.5 Å². The Hall–Kier alpha value is -0.990. The second kappa shape index (κ2) is 6.44. The summed E-state index contributed by atoms with van der Waals surface area (Å²) in [6, 6.07) is 14.0. The van der Waals surface area contributed by atoms with E-state index in [1.807, 2.05) is 36.4 Å². The van der Waals surface area contributed by atoms with Crippen molar-refractivity contribution in [3.63, 3.8) is 0 Å². The zero-order chi connectivity index (χ0) is 13.8. The normalized spacial score (nSPS) is 10.8. The topological polar surface area (TPSA) is 9.23 Å². The number of hydrogen-bond acceptors (Lipinski definition) is 1. The molecule has 0 bridgehead atoms. The lowest BCUT2D eigenvalue weighted by molar-refractivity contribution is 0.469. The van der Waals surface area contributed by atoms with Gasteiger partial charge in [-0.05, 0) is 35.7 Å². The fourth-order valence-electron chi connectivity index (χ4n) is 1.92. The van der Waals surface area contributed by atoms with Crippen molar-refractivity contribution in [2.24, 2.45) is 0 Å². The van der Waals surface area contributed by atoms with Crippen molar-refractivity contribution in [2.75, 3.05) is 0 Å². The molecule has 0 saturated heterocycles. The van der Waals surface area contributed by atoms with E-state index in [1.165, 1.54) is 5.56 Å². The summed E-state index contributed by atoms with van der Waals surface area (Å²) >= 11 is 9.42. The van der Waals surface area contributed by atoms with Gasteiger partial charge < -0.3 is 4.74 Å². The van der Waals surface area contributed by atoms with Crippen LogP contribution < -0.4 is 4.74 Å². The van der Waals surface area contributed by atoms with Gasteiger partial charge in [-0.1, -0.05) is 48.0 Å². The molecule has 1 nitrogen and oxygen atoms in total. The van der Waals surface area contributed by atoms with Crippen LogP contribution in [-0.4, -0.2) is 0 Å². The van der Waals surface area contributed by atoms with Crippen LogP contribution in [-0.2, 0) is 5.88 Å². The first-order valence-corrected chi connectivity index (χ1v) is 7.55. The van der Waals surface area contributed by atoms with Crippen LogP contribution in [0.2, 0.25) is 0 Å². The Bertz CT molecular complexity index is 566. The average molecular weight is 340 g/mol. The van der Waals surface area contributed by atoms with Gasteiger partial charge in [-0.25, -0.2) is 0 Å². The van der Waals surface area contributed by atoms with Crippen molar-refractivity contribution >= 4 is 27.5 Å². The molecule has 0 spiro atoms. The highest BCUT2D eigenvalue weighted by atomic mass is 79.9. The van der Waals surface area contributed by atoms with Crippen LogP contribution in [0.4, 0.5) is 0 Å². The molecular weight excluding hydrogens is 324 g/mol. The minimum absolute atomic E-state index is 0.422. The third kappa shape index (κ3) is 3.52. The Morgan fingerprint density at radius 2 is 1.84 bits per heavy atom. The summed E-state index contributed by atoms with van der Waals surface area (Å²) in [5, 5.41) is 0. The standard InChI is InChI=1S/C16H16BrClO/c1-11(2)14-5-3-4-6-16(14)19-15-8-7-13(17)9-12(15)10-18/h3-9,11H,10H2,1-2H3. The number of alkyl halides is 1. The minimum Gasteiger partial charge on any atom is -0.457 e. The molecule has 0 amide bonds. The average Bonchev–Trinajstić information content (AvgIpc) is 2.41. The molecule has 0 heterocycles. The highest BCUT2D eigenvalue weighted by Crippen LogP contribution is 2.33. The number of hydrogen-bond donors (Lipinski definition) is 0. The second-order valence-corrected chi connectivity index (χ2v) is 5.86. The van der Waals surface area contributed by atoms with Gasteiger partial charge in [-0.2, -0.15) is 0 Å². The third-order valence-corrected chi connectivity index (χ3v) is 3.71. The fraction of sp³-hybridized carbons (Fsp3) is 0.250. The lowest BCUT2D eigenvalue weighted by Gasteiger charge is -2.15. The van der Waals surface area contributed by atoms with E-state index in [0.717, 1.165) is 21.5 Å². The molecule has 0 aliphatic rings. The van der Waals surface area contributed by atoms with E-state index in [-0.39, 0.29) is 0 Å². The van der Waals surface area contributed by atoms with E-state index in [0.29, 0.717) is 11.8 Å². The number of benzene rings is 2. The first kappa shape index (κ1) is 14.4. The van der Waals surface area contributed by atoms with Crippen LogP contribution in [0.1, 0.15) is 30.9 Å². The molecule has 0 N–H and O–H groups in total. The van der Waals surface area contributed by atoms with E-state index in [1.54, 1.807) is 0 Å². The number of para-hydroxylation sites is 1. The highest BCUT2D eigenvalue weighted by Gasteiger charge is 2.10. The molecule has 100 valence electrons. The lowest BCUT2D eigenvalue weighted by atomic mass is 10.0. The Morgan fingerprint density at radius 1 is 1.11 bits per heavy atom. The third-order valence-electron chi connectivity index (χ3n) is 2.93. The first-order chi connectivity index (χ1) is 9.11. The summed E-state index contributed by atoms with van der Waals surface area (Å²) < 4.78 is 7.05. The van der Waals surface area contributed by atoms with Crippen LogP contribution in [0.25, 0.3) is 0 Å². The molecule has 2 rings (SSSR count). The summed E-state index contributed by atoms with van der Waals surface area (Å²) in [5.74, 6) is 2.56. The number of halogens is 2. The van der Waals surface area contributed by atoms with Gasteiger partial charge in [0, 0.05) is 10.0 Å². The molecule has 3 heteroatoms. The van der Waals surface area contributed by atoms with Crippen LogP contribution in [0.5, 0.6) is 11.5 Å². The summed E-state index contributed by atoms with van der Waals surface area (Å²) in [7, 11) is 0. The number of ether oxygens (including phenoxy) is 1. The van der Waals surface area contributed by atoms with Crippen LogP contribution in [0.15, 0.2) is 46.9 Å². The highest BCUT2D eigenvalue weighted by molar-refractivity contribution is 9.10. The van der Waals surface area contributed by atoms with Crippen molar-refractivity contribution in [1.82, 2.24) is 0 Å². The Labute approximate surface area is 127 Å². The molecule has 0 radical (unpaired) electrons. The number of rotatable bonds is 4. The van der Waals surface area contributed by atoms with Crippen molar-refractivity contribution in [3.05, 3.63) is 58.1 Å². The van der Waals surface area contributed by atoms with E-state index < -0.39 is 0 Å². The second-order valence-electron chi connectivity index (χ2n) is 4.68. The summed E-state index contributed by atoms with van der Waals surface area (Å²) in [4.78, 5) is 0. The Kier molecular flexibility index (Phi) is 4.89. The quantitative estimate of drug-likeness (QED) is 0.611. The van der Waals surface area contributed by atoms with Gasteiger partial charge in [0.2, 0.25) is 0 Å². The maximum atomic E-state index is 6.04. The summed E-state index contributed by atoms with van der Waals surface area (Å²) in [6.45, 7) is 4.32. The van der Waals surface area contributed by atoms with Gasteiger partial charge in [0.1, 0.15) is 11.5 Å². The monoisotopic (exact) mass is 338 g/mol. The Balaban J connectivity index is 2.36. The van der Waals surface area contributed by atoms with E-state index in [4.69, 9.17) is 16.3 Å². The van der Waals surface area contributed by atoms with Crippen molar-refractivity contribution in [2.45, 2.75) is 25.6 Å². The minimum atomic E-state index is 0.422. The van der Waals surface area contributed by atoms with E-state index >= 15 is 0 Å². The zero-order valence-electron chi connectivity index (χ0n) is 11.0. The molecule has 2 aromatic rings. The van der Waals surface area contributed by atoms with Gasteiger partial charge in [0.25, 0.3) is 0 Å². The molecule has 0 aliphatic heterocycles. The molecule has 2 aromatic carbocycles. The van der Waals surface area contributed by atoms with Gasteiger partial charge in [0.05, 0.1) is 5.88 Å². The summed E-state index contributed by atoms with van der Waals surface area (Å²) in [5.41, 5.74) is 2.18.